The number of halogens is 1. The van der Waals surface area contributed by atoms with Gasteiger partial charge in [-0.3, -0.25) is 0 Å². The highest BCUT2D eigenvalue weighted by Gasteiger charge is 2.27. The molecule has 0 N–H and O–H groups in total. The second kappa shape index (κ2) is 8.22. The van der Waals surface area contributed by atoms with E-state index in [9.17, 15) is 4.79 Å². The molecule has 0 atom stereocenters. The first-order chi connectivity index (χ1) is 13.5. The number of benzene rings is 2. The number of carbonyl (C=O) groups is 1. The normalized spacial score (nSPS) is 14.5. The van der Waals surface area contributed by atoms with E-state index < -0.39 is 5.97 Å². The number of carbonyl (C=O) groups excluding carboxylic acids is 1. The number of cyclic esters (lactones) is 1. The minimum atomic E-state index is -0.598. The van der Waals surface area contributed by atoms with Gasteiger partial charge in [0.15, 0.2) is 17.2 Å². The van der Waals surface area contributed by atoms with Crippen LogP contribution in [0.4, 0.5) is 0 Å². The average molecular weight is 404 g/mol. The molecule has 146 valence electrons. The molecule has 0 aliphatic carbocycles. The van der Waals surface area contributed by atoms with Crippen molar-refractivity contribution in [3.8, 4) is 23.0 Å². The molecule has 3 rings (SSSR count). The van der Waals surface area contributed by atoms with Crippen molar-refractivity contribution in [3.63, 3.8) is 0 Å². The Bertz CT molecular complexity index is 983. The molecule has 0 spiro atoms. The molecule has 0 saturated heterocycles. The summed E-state index contributed by atoms with van der Waals surface area (Å²) in [7, 11) is 6.07. The summed E-state index contributed by atoms with van der Waals surface area (Å²) in [5.41, 5.74) is 1.17. The molecular weight excluding hydrogens is 386 g/mol. The van der Waals surface area contributed by atoms with E-state index >= 15 is 0 Å². The summed E-state index contributed by atoms with van der Waals surface area (Å²) in [6.45, 7) is 0. The number of aliphatic imine (C=N–C) groups is 1. The van der Waals surface area contributed by atoms with Gasteiger partial charge in [-0.05, 0) is 36.4 Å². The third kappa shape index (κ3) is 3.61. The third-order valence-electron chi connectivity index (χ3n) is 4.05. The van der Waals surface area contributed by atoms with E-state index in [1.54, 1.807) is 36.4 Å². The molecule has 8 heteroatoms. The molecule has 1 aliphatic heterocycles. The number of nitrogens with zero attached hydrogens (tertiary/aromatic N) is 1. The van der Waals surface area contributed by atoms with Gasteiger partial charge in [0.2, 0.25) is 11.6 Å². The van der Waals surface area contributed by atoms with Gasteiger partial charge in [0.05, 0.1) is 39.0 Å². The number of esters is 1. The molecule has 0 radical (unpaired) electrons. The number of methoxy groups -OCH3 is 4. The number of ether oxygens (including phenoxy) is 5. The van der Waals surface area contributed by atoms with Gasteiger partial charge in [-0.2, -0.15) is 0 Å². The Morgan fingerprint density at radius 1 is 0.964 bits per heavy atom. The third-order valence-corrected chi connectivity index (χ3v) is 4.37. The summed E-state index contributed by atoms with van der Waals surface area (Å²) in [6, 6.07) is 8.43. The Morgan fingerprint density at radius 2 is 1.71 bits per heavy atom. The monoisotopic (exact) mass is 403 g/mol. The Morgan fingerprint density at radius 3 is 2.32 bits per heavy atom. The van der Waals surface area contributed by atoms with Gasteiger partial charge in [-0.1, -0.05) is 11.6 Å². The Kier molecular flexibility index (Phi) is 5.75. The van der Waals surface area contributed by atoms with Crippen molar-refractivity contribution < 1.29 is 28.5 Å². The van der Waals surface area contributed by atoms with Crippen LogP contribution >= 0.6 is 11.6 Å². The van der Waals surface area contributed by atoms with Crippen LogP contribution in [0.5, 0.6) is 23.0 Å². The maximum Gasteiger partial charge on any atom is 0.363 e. The van der Waals surface area contributed by atoms with Crippen molar-refractivity contribution in [2.45, 2.75) is 0 Å². The second-order valence-corrected chi connectivity index (χ2v) is 6.01. The van der Waals surface area contributed by atoms with Gasteiger partial charge in [0, 0.05) is 5.56 Å². The Balaban J connectivity index is 2.03. The summed E-state index contributed by atoms with van der Waals surface area (Å²) in [6.07, 6.45) is 1.55. The fraction of sp³-hybridized carbons (Fsp3) is 0.200. The van der Waals surface area contributed by atoms with Crippen LogP contribution in [0, 0.1) is 0 Å². The second-order valence-electron chi connectivity index (χ2n) is 5.61. The van der Waals surface area contributed by atoms with Crippen LogP contribution in [-0.2, 0) is 9.53 Å². The highest BCUT2D eigenvalue weighted by molar-refractivity contribution is 6.34. The van der Waals surface area contributed by atoms with Crippen molar-refractivity contribution in [1.82, 2.24) is 0 Å². The van der Waals surface area contributed by atoms with Crippen LogP contribution in [0.25, 0.3) is 6.08 Å². The van der Waals surface area contributed by atoms with Crippen LogP contribution in [0.1, 0.15) is 11.1 Å². The first-order valence-electron chi connectivity index (χ1n) is 8.17. The van der Waals surface area contributed by atoms with Gasteiger partial charge in [0.1, 0.15) is 5.75 Å². The SMILES string of the molecule is COc1ccc(C2=N/C(=C/c3ccc(OC)c(OC)c3OC)C(=O)O2)c(Cl)c1. The zero-order chi connectivity index (χ0) is 20.3. The van der Waals surface area contributed by atoms with Crippen molar-refractivity contribution in [2.75, 3.05) is 28.4 Å². The maximum atomic E-state index is 12.3. The molecule has 0 unspecified atom stereocenters. The maximum absolute atomic E-state index is 12.3. The molecule has 0 fully saturated rings. The van der Waals surface area contributed by atoms with Crippen molar-refractivity contribution in [3.05, 3.63) is 52.2 Å². The molecule has 2 aromatic rings. The van der Waals surface area contributed by atoms with E-state index in [1.807, 2.05) is 0 Å². The van der Waals surface area contributed by atoms with E-state index in [-0.39, 0.29) is 11.6 Å². The molecule has 0 saturated carbocycles. The topological polar surface area (TPSA) is 75.6 Å². The lowest BCUT2D eigenvalue weighted by Crippen LogP contribution is -2.06. The predicted octanol–water partition coefficient (Wildman–Crippen LogP) is 3.72. The predicted molar refractivity (Wildman–Crippen MR) is 105 cm³/mol. The lowest BCUT2D eigenvalue weighted by Gasteiger charge is -2.14. The fourth-order valence-electron chi connectivity index (χ4n) is 2.71. The summed E-state index contributed by atoms with van der Waals surface area (Å²) in [4.78, 5) is 16.6. The number of rotatable bonds is 6. The van der Waals surface area contributed by atoms with Gasteiger partial charge < -0.3 is 23.7 Å². The lowest BCUT2D eigenvalue weighted by atomic mass is 10.1. The van der Waals surface area contributed by atoms with E-state index in [0.717, 1.165) is 0 Å². The van der Waals surface area contributed by atoms with Gasteiger partial charge >= 0.3 is 5.97 Å². The minimum absolute atomic E-state index is 0.104. The van der Waals surface area contributed by atoms with Crippen molar-refractivity contribution >= 4 is 29.5 Å². The number of hydrogen-bond acceptors (Lipinski definition) is 7. The zero-order valence-electron chi connectivity index (χ0n) is 15.7. The van der Waals surface area contributed by atoms with Crippen LogP contribution in [0.2, 0.25) is 5.02 Å². The quantitative estimate of drug-likeness (QED) is 0.540. The fourth-order valence-corrected chi connectivity index (χ4v) is 2.96. The van der Waals surface area contributed by atoms with Gasteiger partial charge in [-0.15, -0.1) is 0 Å². The smallest absolute Gasteiger partial charge is 0.363 e. The van der Waals surface area contributed by atoms with Crippen molar-refractivity contribution in [2.24, 2.45) is 4.99 Å². The first-order valence-corrected chi connectivity index (χ1v) is 8.55. The van der Waals surface area contributed by atoms with Crippen LogP contribution in [-0.4, -0.2) is 40.3 Å². The minimum Gasteiger partial charge on any atom is -0.497 e. The van der Waals surface area contributed by atoms with E-state index in [1.165, 1.54) is 28.4 Å². The molecule has 1 heterocycles. The Hall–Kier alpha value is -3.19. The largest absolute Gasteiger partial charge is 0.497 e. The Labute approximate surface area is 167 Å². The van der Waals surface area contributed by atoms with E-state index in [4.69, 9.17) is 35.3 Å². The van der Waals surface area contributed by atoms with Crippen LogP contribution < -0.4 is 18.9 Å². The molecule has 7 nitrogen and oxygen atoms in total. The highest BCUT2D eigenvalue weighted by Crippen LogP contribution is 2.41. The molecule has 28 heavy (non-hydrogen) atoms. The molecular formula is C20H18ClNO6. The summed E-state index contributed by atoms with van der Waals surface area (Å²) < 4.78 is 26.4. The van der Waals surface area contributed by atoms with E-state index in [0.29, 0.717) is 39.1 Å². The summed E-state index contributed by atoms with van der Waals surface area (Å²) in [5, 5.41) is 0.357. The lowest BCUT2D eigenvalue weighted by molar-refractivity contribution is -0.129. The number of hydrogen-bond donors (Lipinski definition) is 0. The molecule has 1 aliphatic rings. The highest BCUT2D eigenvalue weighted by atomic mass is 35.5. The summed E-state index contributed by atoms with van der Waals surface area (Å²) >= 11 is 6.24. The summed E-state index contributed by atoms with van der Waals surface area (Å²) in [5.74, 6) is 1.43. The van der Waals surface area contributed by atoms with E-state index in [2.05, 4.69) is 4.99 Å². The molecule has 0 aromatic heterocycles. The standard InChI is InChI=1S/C20H18ClNO6/c1-24-12-6-7-13(14(21)10-12)19-22-15(20(23)28-19)9-11-5-8-16(25-2)18(27-4)17(11)26-3/h5-10H,1-4H3/b15-9+. The van der Waals surface area contributed by atoms with Gasteiger partial charge in [-0.25, -0.2) is 9.79 Å². The zero-order valence-corrected chi connectivity index (χ0v) is 16.5. The first kappa shape index (κ1) is 19.6. The van der Waals surface area contributed by atoms with Gasteiger partial charge in [0.25, 0.3) is 0 Å². The van der Waals surface area contributed by atoms with Crippen LogP contribution in [0.15, 0.2) is 41.0 Å². The average Bonchev–Trinajstić information content (AvgIpc) is 3.07. The van der Waals surface area contributed by atoms with Crippen LogP contribution in [0.3, 0.4) is 0 Å². The van der Waals surface area contributed by atoms with Crippen molar-refractivity contribution in [1.29, 1.82) is 0 Å². The molecule has 0 bridgehead atoms. The molecule has 0 amide bonds. The molecule has 2 aromatic carbocycles.